The second-order valence-corrected chi connectivity index (χ2v) is 4.40. The van der Waals surface area contributed by atoms with Crippen LogP contribution < -0.4 is 10.6 Å². The van der Waals surface area contributed by atoms with Crippen LogP contribution in [-0.2, 0) is 0 Å². The molecule has 0 bridgehead atoms. The molecule has 2 aliphatic heterocycles. The van der Waals surface area contributed by atoms with Crippen molar-refractivity contribution >= 4 is 17.4 Å². The number of hydrogen-bond donors (Lipinski definition) is 2. The standard InChI is InChI=1S/C11H12ClN3/c12-8-3-1-7(2-4-8)11-14-9-5-13-6-10(9)15-11/h1-4,9-10,13H,5-6H2,(H,14,15). The molecule has 1 saturated heterocycles. The summed E-state index contributed by atoms with van der Waals surface area (Å²) in [6, 6.07) is 8.66. The van der Waals surface area contributed by atoms with Crippen molar-refractivity contribution in [1.82, 2.24) is 10.6 Å². The van der Waals surface area contributed by atoms with E-state index >= 15 is 0 Å². The first-order chi connectivity index (χ1) is 7.33. The second kappa shape index (κ2) is 3.51. The quantitative estimate of drug-likeness (QED) is 0.743. The molecule has 15 heavy (non-hydrogen) atoms. The van der Waals surface area contributed by atoms with Crippen LogP contribution in [0.5, 0.6) is 0 Å². The molecule has 0 amide bonds. The van der Waals surface area contributed by atoms with Gasteiger partial charge in [0.25, 0.3) is 0 Å². The van der Waals surface area contributed by atoms with Crippen molar-refractivity contribution in [1.29, 1.82) is 0 Å². The first-order valence-corrected chi connectivity index (χ1v) is 5.52. The van der Waals surface area contributed by atoms with Gasteiger partial charge in [-0.15, -0.1) is 0 Å². The third kappa shape index (κ3) is 1.62. The molecule has 2 heterocycles. The van der Waals surface area contributed by atoms with Crippen molar-refractivity contribution in [3.63, 3.8) is 0 Å². The summed E-state index contributed by atoms with van der Waals surface area (Å²) >= 11 is 5.84. The molecular weight excluding hydrogens is 210 g/mol. The Morgan fingerprint density at radius 2 is 2.00 bits per heavy atom. The Morgan fingerprint density at radius 1 is 1.20 bits per heavy atom. The summed E-state index contributed by atoms with van der Waals surface area (Å²) in [5.74, 6) is 1.00. The molecule has 3 nitrogen and oxygen atoms in total. The lowest BCUT2D eigenvalue weighted by atomic mass is 10.2. The largest absolute Gasteiger partial charge is 0.364 e. The van der Waals surface area contributed by atoms with Gasteiger partial charge in [0.1, 0.15) is 5.84 Å². The van der Waals surface area contributed by atoms with E-state index < -0.39 is 0 Å². The van der Waals surface area contributed by atoms with Crippen molar-refractivity contribution in [2.24, 2.45) is 4.99 Å². The molecule has 0 aromatic heterocycles. The van der Waals surface area contributed by atoms with Crippen LogP contribution in [-0.4, -0.2) is 31.0 Å². The van der Waals surface area contributed by atoms with Crippen molar-refractivity contribution in [3.8, 4) is 0 Å². The third-order valence-corrected chi connectivity index (χ3v) is 3.17. The van der Waals surface area contributed by atoms with Crippen LogP contribution in [0, 0.1) is 0 Å². The Labute approximate surface area is 93.5 Å². The van der Waals surface area contributed by atoms with Gasteiger partial charge in [0.15, 0.2) is 0 Å². The predicted molar refractivity (Wildman–Crippen MR) is 61.6 cm³/mol. The summed E-state index contributed by atoms with van der Waals surface area (Å²) in [6.07, 6.45) is 0. The van der Waals surface area contributed by atoms with Gasteiger partial charge in [0.05, 0.1) is 12.1 Å². The number of nitrogens with zero attached hydrogens (tertiary/aromatic N) is 1. The highest BCUT2D eigenvalue weighted by atomic mass is 35.5. The molecule has 1 aromatic carbocycles. The van der Waals surface area contributed by atoms with E-state index in [0.29, 0.717) is 12.1 Å². The van der Waals surface area contributed by atoms with Gasteiger partial charge >= 0.3 is 0 Å². The van der Waals surface area contributed by atoms with Crippen molar-refractivity contribution in [2.45, 2.75) is 12.1 Å². The molecule has 3 rings (SSSR count). The number of amidine groups is 1. The maximum absolute atomic E-state index is 5.84. The van der Waals surface area contributed by atoms with Crippen LogP contribution in [0.3, 0.4) is 0 Å². The Balaban J connectivity index is 1.87. The normalized spacial score (nSPS) is 28.5. The number of rotatable bonds is 1. The van der Waals surface area contributed by atoms with Gasteiger partial charge in [0, 0.05) is 23.7 Å². The topological polar surface area (TPSA) is 36.4 Å². The van der Waals surface area contributed by atoms with Gasteiger partial charge in [0.2, 0.25) is 0 Å². The SMILES string of the molecule is Clc1ccc(C2=NC3CNCC3N2)cc1. The van der Waals surface area contributed by atoms with Gasteiger partial charge in [-0.1, -0.05) is 11.6 Å². The van der Waals surface area contributed by atoms with Gasteiger partial charge in [-0.3, -0.25) is 4.99 Å². The van der Waals surface area contributed by atoms with Crippen molar-refractivity contribution in [2.75, 3.05) is 13.1 Å². The first-order valence-electron chi connectivity index (χ1n) is 5.14. The van der Waals surface area contributed by atoms with Crippen LogP contribution in [0.4, 0.5) is 0 Å². The second-order valence-electron chi connectivity index (χ2n) is 3.96. The Kier molecular flexibility index (Phi) is 2.15. The molecular formula is C11H12ClN3. The Bertz CT molecular complexity index is 399. The number of benzene rings is 1. The molecule has 78 valence electrons. The van der Waals surface area contributed by atoms with E-state index in [1.165, 1.54) is 0 Å². The predicted octanol–water partition coefficient (Wildman–Crippen LogP) is 1.03. The molecule has 1 fully saturated rings. The maximum Gasteiger partial charge on any atom is 0.128 e. The lowest BCUT2D eigenvalue weighted by Gasteiger charge is -2.08. The van der Waals surface area contributed by atoms with E-state index in [-0.39, 0.29) is 0 Å². The number of halogens is 1. The summed E-state index contributed by atoms with van der Waals surface area (Å²) in [5.41, 5.74) is 1.12. The third-order valence-electron chi connectivity index (χ3n) is 2.92. The van der Waals surface area contributed by atoms with E-state index in [2.05, 4.69) is 15.6 Å². The Morgan fingerprint density at radius 3 is 2.73 bits per heavy atom. The smallest absolute Gasteiger partial charge is 0.128 e. The molecule has 2 unspecified atom stereocenters. The molecule has 0 spiro atoms. The van der Waals surface area contributed by atoms with Gasteiger partial charge in [-0.05, 0) is 24.3 Å². The number of nitrogens with one attached hydrogen (secondary N) is 2. The summed E-state index contributed by atoms with van der Waals surface area (Å²) in [4.78, 5) is 4.65. The fourth-order valence-corrected chi connectivity index (χ4v) is 2.22. The van der Waals surface area contributed by atoms with Gasteiger partial charge < -0.3 is 10.6 Å². The highest BCUT2D eigenvalue weighted by molar-refractivity contribution is 6.30. The summed E-state index contributed by atoms with van der Waals surface area (Å²) < 4.78 is 0. The van der Waals surface area contributed by atoms with Crippen molar-refractivity contribution < 1.29 is 0 Å². The van der Waals surface area contributed by atoms with Crippen LogP contribution >= 0.6 is 11.6 Å². The Hall–Kier alpha value is -1.06. The average Bonchev–Trinajstić information content (AvgIpc) is 2.78. The highest BCUT2D eigenvalue weighted by Crippen LogP contribution is 2.16. The van der Waals surface area contributed by atoms with Gasteiger partial charge in [-0.25, -0.2) is 0 Å². The average molecular weight is 222 g/mol. The van der Waals surface area contributed by atoms with E-state index in [1.54, 1.807) is 0 Å². The maximum atomic E-state index is 5.84. The summed E-state index contributed by atoms with van der Waals surface area (Å²) in [6.45, 7) is 1.99. The van der Waals surface area contributed by atoms with E-state index in [4.69, 9.17) is 11.6 Å². The van der Waals surface area contributed by atoms with E-state index in [1.807, 2.05) is 24.3 Å². The highest BCUT2D eigenvalue weighted by Gasteiger charge is 2.32. The molecule has 0 radical (unpaired) electrons. The minimum atomic E-state index is 0.399. The van der Waals surface area contributed by atoms with Crippen LogP contribution in [0.2, 0.25) is 5.02 Å². The monoisotopic (exact) mass is 221 g/mol. The molecule has 2 aliphatic rings. The molecule has 4 heteroatoms. The minimum Gasteiger partial charge on any atom is -0.364 e. The van der Waals surface area contributed by atoms with Crippen LogP contribution in [0.15, 0.2) is 29.3 Å². The zero-order valence-corrected chi connectivity index (χ0v) is 8.96. The van der Waals surface area contributed by atoms with E-state index in [9.17, 15) is 0 Å². The number of aliphatic imine (C=N–C) groups is 1. The summed E-state index contributed by atoms with van der Waals surface area (Å²) in [7, 11) is 0. The lowest BCUT2D eigenvalue weighted by molar-refractivity contribution is 0.637. The lowest BCUT2D eigenvalue weighted by Crippen LogP contribution is -2.35. The van der Waals surface area contributed by atoms with E-state index in [0.717, 1.165) is 29.5 Å². The molecule has 2 N–H and O–H groups in total. The fraction of sp³-hybridized carbons (Fsp3) is 0.364. The van der Waals surface area contributed by atoms with Crippen LogP contribution in [0.25, 0.3) is 0 Å². The zero-order chi connectivity index (χ0) is 10.3. The molecule has 0 saturated carbocycles. The molecule has 2 atom stereocenters. The van der Waals surface area contributed by atoms with Gasteiger partial charge in [-0.2, -0.15) is 0 Å². The number of fused-ring (bicyclic) bond motifs is 1. The molecule has 0 aliphatic carbocycles. The fourth-order valence-electron chi connectivity index (χ4n) is 2.09. The summed E-state index contributed by atoms with van der Waals surface area (Å²) in [5, 5.41) is 7.51. The zero-order valence-electron chi connectivity index (χ0n) is 8.20. The molecule has 1 aromatic rings. The number of hydrogen-bond acceptors (Lipinski definition) is 3. The van der Waals surface area contributed by atoms with Crippen LogP contribution in [0.1, 0.15) is 5.56 Å². The minimum absolute atomic E-state index is 0.399. The van der Waals surface area contributed by atoms with Crippen molar-refractivity contribution in [3.05, 3.63) is 34.9 Å². The first kappa shape index (κ1) is 9.19.